The second kappa shape index (κ2) is 4.84. The minimum Gasteiger partial charge on any atom is -0.389 e. The number of nitrogens with zero attached hydrogens (tertiary/aromatic N) is 3. The van der Waals surface area contributed by atoms with Gasteiger partial charge in [0.25, 0.3) is 0 Å². The SMILES string of the molecule is Cc1nc2c(c(N(C)CC(C)(C)O)n1)CCCC2. The average Bonchev–Trinajstić information content (AvgIpc) is 2.25. The number of aliphatic hydroxyl groups is 1. The van der Waals surface area contributed by atoms with Crippen LogP contribution in [0.2, 0.25) is 0 Å². The molecule has 0 atom stereocenters. The molecule has 2 rings (SSSR count). The summed E-state index contributed by atoms with van der Waals surface area (Å²) in [6.07, 6.45) is 4.55. The van der Waals surface area contributed by atoms with Crippen LogP contribution in [-0.4, -0.2) is 34.3 Å². The van der Waals surface area contributed by atoms with E-state index in [0.717, 1.165) is 24.5 Å². The topological polar surface area (TPSA) is 49.2 Å². The van der Waals surface area contributed by atoms with Gasteiger partial charge < -0.3 is 10.0 Å². The Morgan fingerprint density at radius 3 is 2.56 bits per heavy atom. The first-order valence-corrected chi connectivity index (χ1v) is 6.67. The molecular formula is C14H23N3O. The van der Waals surface area contributed by atoms with Crippen LogP contribution < -0.4 is 4.90 Å². The minimum atomic E-state index is -0.713. The van der Waals surface area contributed by atoms with Gasteiger partial charge in [-0.2, -0.15) is 0 Å². The fourth-order valence-electron chi connectivity index (χ4n) is 2.67. The monoisotopic (exact) mass is 249 g/mol. The molecule has 0 saturated heterocycles. The summed E-state index contributed by atoms with van der Waals surface area (Å²) in [5.74, 6) is 1.83. The third-order valence-corrected chi connectivity index (χ3v) is 3.26. The standard InChI is InChI=1S/C14H23N3O/c1-10-15-12-8-6-5-7-11(12)13(16-10)17(4)9-14(2,3)18/h18H,5-9H2,1-4H3. The smallest absolute Gasteiger partial charge is 0.135 e. The highest BCUT2D eigenvalue weighted by atomic mass is 16.3. The molecule has 1 aromatic rings. The van der Waals surface area contributed by atoms with E-state index in [0.29, 0.717) is 6.54 Å². The Morgan fingerprint density at radius 1 is 1.22 bits per heavy atom. The molecule has 100 valence electrons. The lowest BCUT2D eigenvalue weighted by molar-refractivity contribution is 0.0884. The molecule has 0 radical (unpaired) electrons. The highest BCUT2D eigenvalue weighted by Crippen LogP contribution is 2.28. The number of anilines is 1. The number of hydrogen-bond acceptors (Lipinski definition) is 4. The highest BCUT2D eigenvalue weighted by Gasteiger charge is 2.22. The maximum atomic E-state index is 9.94. The summed E-state index contributed by atoms with van der Waals surface area (Å²) >= 11 is 0. The van der Waals surface area contributed by atoms with Crippen molar-refractivity contribution in [1.82, 2.24) is 9.97 Å². The number of likely N-dealkylation sites (N-methyl/N-ethyl adjacent to an activating group) is 1. The van der Waals surface area contributed by atoms with E-state index in [4.69, 9.17) is 0 Å². The Hall–Kier alpha value is -1.16. The molecule has 0 unspecified atom stereocenters. The molecule has 0 amide bonds. The van der Waals surface area contributed by atoms with Crippen LogP contribution in [0.1, 0.15) is 43.8 Å². The normalized spacial score (nSPS) is 15.4. The number of aromatic nitrogens is 2. The van der Waals surface area contributed by atoms with Crippen LogP contribution in [0.15, 0.2) is 0 Å². The fraction of sp³-hybridized carbons (Fsp3) is 0.714. The van der Waals surface area contributed by atoms with Crippen molar-refractivity contribution in [2.45, 2.75) is 52.1 Å². The van der Waals surface area contributed by atoms with Crippen LogP contribution in [0.25, 0.3) is 0 Å². The highest BCUT2D eigenvalue weighted by molar-refractivity contribution is 5.50. The van der Waals surface area contributed by atoms with Crippen molar-refractivity contribution < 1.29 is 5.11 Å². The summed E-state index contributed by atoms with van der Waals surface area (Å²) in [7, 11) is 1.99. The predicted molar refractivity (Wildman–Crippen MR) is 73.0 cm³/mol. The molecule has 0 aliphatic heterocycles. The molecule has 1 aliphatic rings. The van der Waals surface area contributed by atoms with Crippen LogP contribution in [0.5, 0.6) is 0 Å². The van der Waals surface area contributed by atoms with Crippen LogP contribution >= 0.6 is 0 Å². The molecule has 1 aromatic heterocycles. The quantitative estimate of drug-likeness (QED) is 0.888. The van der Waals surface area contributed by atoms with E-state index in [-0.39, 0.29) is 0 Å². The van der Waals surface area contributed by atoms with Gasteiger partial charge in [-0.25, -0.2) is 9.97 Å². The van der Waals surface area contributed by atoms with E-state index < -0.39 is 5.60 Å². The van der Waals surface area contributed by atoms with Gasteiger partial charge in [-0.15, -0.1) is 0 Å². The van der Waals surface area contributed by atoms with Gasteiger partial charge in [0.05, 0.1) is 5.60 Å². The van der Waals surface area contributed by atoms with Gasteiger partial charge in [-0.3, -0.25) is 0 Å². The fourth-order valence-corrected chi connectivity index (χ4v) is 2.67. The molecule has 0 fully saturated rings. The van der Waals surface area contributed by atoms with Gasteiger partial charge in [-0.05, 0) is 46.5 Å². The molecule has 1 N–H and O–H groups in total. The van der Waals surface area contributed by atoms with Crippen molar-refractivity contribution in [2.24, 2.45) is 0 Å². The molecule has 4 heteroatoms. The van der Waals surface area contributed by atoms with Gasteiger partial charge >= 0.3 is 0 Å². The lowest BCUT2D eigenvalue weighted by atomic mass is 9.96. The molecular weight excluding hydrogens is 226 g/mol. The maximum absolute atomic E-state index is 9.94. The van der Waals surface area contributed by atoms with Crippen LogP contribution in [0.3, 0.4) is 0 Å². The average molecular weight is 249 g/mol. The summed E-state index contributed by atoms with van der Waals surface area (Å²) in [5, 5.41) is 9.94. The summed E-state index contributed by atoms with van der Waals surface area (Å²) in [5.41, 5.74) is 1.76. The second-order valence-corrected chi connectivity index (χ2v) is 5.90. The number of fused-ring (bicyclic) bond motifs is 1. The zero-order valence-electron chi connectivity index (χ0n) is 11.8. The van der Waals surface area contributed by atoms with E-state index in [1.807, 2.05) is 27.8 Å². The van der Waals surface area contributed by atoms with Gasteiger partial charge in [0.1, 0.15) is 11.6 Å². The Kier molecular flexibility index (Phi) is 3.57. The molecule has 0 bridgehead atoms. The largest absolute Gasteiger partial charge is 0.389 e. The number of rotatable bonds is 3. The van der Waals surface area contributed by atoms with E-state index in [1.165, 1.54) is 24.1 Å². The summed E-state index contributed by atoms with van der Waals surface area (Å²) in [6, 6.07) is 0. The molecule has 0 saturated carbocycles. The van der Waals surface area contributed by atoms with Crippen molar-refractivity contribution in [1.29, 1.82) is 0 Å². The molecule has 1 aliphatic carbocycles. The molecule has 4 nitrogen and oxygen atoms in total. The van der Waals surface area contributed by atoms with Crippen LogP contribution in [0, 0.1) is 6.92 Å². The van der Waals surface area contributed by atoms with E-state index in [9.17, 15) is 5.11 Å². The van der Waals surface area contributed by atoms with E-state index in [2.05, 4.69) is 14.9 Å². The van der Waals surface area contributed by atoms with Crippen molar-refractivity contribution in [3.05, 3.63) is 17.1 Å². The molecule has 0 spiro atoms. The van der Waals surface area contributed by atoms with Gasteiger partial charge in [0.15, 0.2) is 0 Å². The maximum Gasteiger partial charge on any atom is 0.135 e. The number of aryl methyl sites for hydroxylation is 2. The summed E-state index contributed by atoms with van der Waals surface area (Å²) in [4.78, 5) is 11.2. The third-order valence-electron chi connectivity index (χ3n) is 3.26. The van der Waals surface area contributed by atoms with Gasteiger partial charge in [0.2, 0.25) is 0 Å². The second-order valence-electron chi connectivity index (χ2n) is 5.90. The zero-order chi connectivity index (χ0) is 13.3. The first-order chi connectivity index (χ1) is 8.37. The van der Waals surface area contributed by atoms with Gasteiger partial charge in [0, 0.05) is 24.8 Å². The summed E-state index contributed by atoms with van der Waals surface area (Å²) in [6.45, 7) is 6.17. The zero-order valence-corrected chi connectivity index (χ0v) is 11.8. The van der Waals surface area contributed by atoms with Crippen molar-refractivity contribution >= 4 is 5.82 Å². The van der Waals surface area contributed by atoms with Crippen LogP contribution in [-0.2, 0) is 12.8 Å². The Balaban J connectivity index is 2.34. The van der Waals surface area contributed by atoms with Gasteiger partial charge in [-0.1, -0.05) is 0 Å². The first kappa shape index (κ1) is 13.3. The first-order valence-electron chi connectivity index (χ1n) is 6.67. The van der Waals surface area contributed by atoms with Crippen LogP contribution in [0.4, 0.5) is 5.82 Å². The lowest BCUT2D eigenvalue weighted by Crippen LogP contribution is -2.37. The predicted octanol–water partition coefficient (Wildman–Crippen LogP) is 1.87. The minimum absolute atomic E-state index is 0.579. The Bertz CT molecular complexity index is 437. The van der Waals surface area contributed by atoms with E-state index in [1.54, 1.807) is 0 Å². The van der Waals surface area contributed by atoms with Crippen molar-refractivity contribution in [2.75, 3.05) is 18.5 Å². The van der Waals surface area contributed by atoms with E-state index >= 15 is 0 Å². The third kappa shape index (κ3) is 2.99. The van der Waals surface area contributed by atoms with Crippen molar-refractivity contribution in [3.8, 4) is 0 Å². The molecule has 0 aromatic carbocycles. The molecule has 18 heavy (non-hydrogen) atoms. The summed E-state index contributed by atoms with van der Waals surface area (Å²) < 4.78 is 0. The Labute approximate surface area is 109 Å². The molecule has 1 heterocycles. The lowest BCUT2D eigenvalue weighted by Gasteiger charge is -2.29. The Morgan fingerprint density at radius 2 is 1.89 bits per heavy atom. The van der Waals surface area contributed by atoms with Crippen molar-refractivity contribution in [3.63, 3.8) is 0 Å². The number of hydrogen-bond donors (Lipinski definition) is 1.